The van der Waals surface area contributed by atoms with Gasteiger partial charge in [0, 0.05) is 23.2 Å². The number of hydrogen-bond acceptors (Lipinski definition) is 2. The number of hydrogen-bond donors (Lipinski definition) is 2. The van der Waals surface area contributed by atoms with Gasteiger partial charge >= 0.3 is 0 Å². The van der Waals surface area contributed by atoms with E-state index in [0.29, 0.717) is 0 Å². The number of nitrogens with one attached hydrogen (secondary N) is 2. The van der Waals surface area contributed by atoms with Crippen molar-refractivity contribution in [2.24, 2.45) is 0 Å². The lowest BCUT2D eigenvalue weighted by atomic mass is 10.1. The summed E-state index contributed by atoms with van der Waals surface area (Å²) < 4.78 is 0. The summed E-state index contributed by atoms with van der Waals surface area (Å²) in [4.78, 5) is 14.7. The highest BCUT2D eigenvalue weighted by atomic mass is 16.1. The van der Waals surface area contributed by atoms with Gasteiger partial charge in [0.2, 0.25) is 0 Å². The van der Waals surface area contributed by atoms with Gasteiger partial charge in [-0.3, -0.25) is 4.79 Å². The predicted octanol–water partition coefficient (Wildman–Crippen LogP) is 2.15. The van der Waals surface area contributed by atoms with Crippen LogP contribution in [-0.2, 0) is 0 Å². The van der Waals surface area contributed by atoms with E-state index in [1.54, 1.807) is 12.3 Å². The second-order valence-electron chi connectivity index (χ2n) is 3.94. The van der Waals surface area contributed by atoms with E-state index in [1.165, 1.54) is 0 Å². The molecule has 3 nitrogen and oxygen atoms in total. The molecule has 0 spiro atoms. The summed E-state index contributed by atoms with van der Waals surface area (Å²) in [7, 11) is 1.93. The average molecular weight is 228 g/mol. The van der Waals surface area contributed by atoms with E-state index in [1.807, 2.05) is 31.3 Å². The summed E-state index contributed by atoms with van der Waals surface area (Å²) in [5, 5.41) is 3.83. The molecule has 0 amide bonds. The Kier molecular flexibility index (Phi) is 3.73. The Morgan fingerprint density at radius 1 is 1.35 bits per heavy atom. The second-order valence-corrected chi connectivity index (χ2v) is 3.94. The highest BCUT2D eigenvalue weighted by molar-refractivity contribution is 5.80. The molecular formula is C14H16N2O. The molecule has 1 aromatic carbocycles. The molecular weight excluding hydrogens is 212 g/mol. The largest absolute Gasteiger partial charge is 0.361 e. The van der Waals surface area contributed by atoms with Crippen molar-refractivity contribution in [3.63, 3.8) is 0 Å². The van der Waals surface area contributed by atoms with E-state index >= 15 is 0 Å². The summed E-state index contributed by atoms with van der Waals surface area (Å²) >= 11 is 0. The topological polar surface area (TPSA) is 44.9 Å². The molecule has 17 heavy (non-hydrogen) atoms. The molecule has 0 aliphatic carbocycles. The van der Waals surface area contributed by atoms with Crippen LogP contribution in [0.3, 0.4) is 0 Å². The maximum Gasteiger partial charge on any atom is 0.189 e. The van der Waals surface area contributed by atoms with Crippen LogP contribution in [-0.4, -0.2) is 18.6 Å². The van der Waals surface area contributed by atoms with E-state index in [4.69, 9.17) is 0 Å². The monoisotopic (exact) mass is 228 g/mol. The maximum absolute atomic E-state index is 11.7. The Balaban J connectivity index is 2.28. The van der Waals surface area contributed by atoms with Gasteiger partial charge in [0.1, 0.15) is 0 Å². The SMILES string of the molecule is CNCCC=Cc1ccc2[nH]ccc(=O)c2c1. The van der Waals surface area contributed by atoms with Crippen LogP contribution < -0.4 is 10.7 Å². The van der Waals surface area contributed by atoms with Gasteiger partial charge in [0.05, 0.1) is 0 Å². The van der Waals surface area contributed by atoms with Crippen LogP contribution in [0.1, 0.15) is 12.0 Å². The van der Waals surface area contributed by atoms with Crippen LogP contribution in [0.2, 0.25) is 0 Å². The Hall–Kier alpha value is -1.87. The Morgan fingerprint density at radius 2 is 2.24 bits per heavy atom. The number of rotatable bonds is 4. The van der Waals surface area contributed by atoms with Gasteiger partial charge in [-0.1, -0.05) is 18.2 Å². The molecule has 0 unspecified atom stereocenters. The molecule has 2 rings (SSSR count). The molecule has 0 radical (unpaired) electrons. The van der Waals surface area contributed by atoms with Crippen molar-refractivity contribution in [2.75, 3.05) is 13.6 Å². The van der Waals surface area contributed by atoms with Crippen molar-refractivity contribution in [2.45, 2.75) is 6.42 Å². The van der Waals surface area contributed by atoms with Gasteiger partial charge in [0.25, 0.3) is 0 Å². The van der Waals surface area contributed by atoms with Crippen molar-refractivity contribution < 1.29 is 0 Å². The van der Waals surface area contributed by atoms with E-state index < -0.39 is 0 Å². The van der Waals surface area contributed by atoms with Crippen molar-refractivity contribution in [3.8, 4) is 0 Å². The third-order valence-electron chi connectivity index (χ3n) is 2.65. The minimum absolute atomic E-state index is 0.0595. The van der Waals surface area contributed by atoms with Crippen molar-refractivity contribution >= 4 is 17.0 Å². The molecule has 0 saturated heterocycles. The lowest BCUT2D eigenvalue weighted by molar-refractivity contribution is 0.809. The molecule has 3 heteroatoms. The molecule has 2 aromatic rings. The van der Waals surface area contributed by atoms with E-state index in [2.05, 4.69) is 16.4 Å². The summed E-state index contributed by atoms with van der Waals surface area (Å²) in [6.45, 7) is 0.963. The van der Waals surface area contributed by atoms with Crippen molar-refractivity contribution in [1.82, 2.24) is 10.3 Å². The van der Waals surface area contributed by atoms with Gasteiger partial charge in [0.15, 0.2) is 5.43 Å². The summed E-state index contributed by atoms with van der Waals surface area (Å²) in [6.07, 6.45) is 6.81. The van der Waals surface area contributed by atoms with E-state index in [-0.39, 0.29) is 5.43 Å². The summed E-state index contributed by atoms with van der Waals surface area (Å²) in [5.41, 5.74) is 2.00. The maximum atomic E-state index is 11.7. The molecule has 0 fully saturated rings. The zero-order valence-electron chi connectivity index (χ0n) is 9.86. The van der Waals surface area contributed by atoms with Crippen LogP contribution >= 0.6 is 0 Å². The van der Waals surface area contributed by atoms with Gasteiger partial charge < -0.3 is 10.3 Å². The molecule has 0 aliphatic rings. The van der Waals surface area contributed by atoms with Crippen LogP contribution in [0, 0.1) is 0 Å². The number of benzene rings is 1. The first-order valence-corrected chi connectivity index (χ1v) is 5.74. The van der Waals surface area contributed by atoms with Gasteiger partial charge in [-0.15, -0.1) is 0 Å². The Morgan fingerprint density at radius 3 is 3.06 bits per heavy atom. The van der Waals surface area contributed by atoms with E-state index in [0.717, 1.165) is 29.4 Å². The first kappa shape index (κ1) is 11.6. The molecule has 1 aromatic heterocycles. The van der Waals surface area contributed by atoms with Gasteiger partial charge in [-0.2, -0.15) is 0 Å². The summed E-state index contributed by atoms with van der Waals surface area (Å²) in [6, 6.07) is 7.42. The second kappa shape index (κ2) is 5.46. The van der Waals surface area contributed by atoms with Crippen LogP contribution in [0.4, 0.5) is 0 Å². The first-order valence-electron chi connectivity index (χ1n) is 5.74. The fourth-order valence-electron chi connectivity index (χ4n) is 1.74. The highest BCUT2D eigenvalue weighted by Crippen LogP contribution is 2.11. The minimum Gasteiger partial charge on any atom is -0.361 e. The molecule has 0 atom stereocenters. The van der Waals surface area contributed by atoms with Crippen LogP contribution in [0.15, 0.2) is 41.3 Å². The fraction of sp³-hybridized carbons (Fsp3) is 0.214. The van der Waals surface area contributed by atoms with Crippen molar-refractivity contribution in [1.29, 1.82) is 0 Å². The van der Waals surface area contributed by atoms with Gasteiger partial charge in [-0.25, -0.2) is 0 Å². The molecule has 0 bridgehead atoms. The lowest BCUT2D eigenvalue weighted by Crippen LogP contribution is -2.05. The number of aromatic nitrogens is 1. The molecule has 1 heterocycles. The smallest absolute Gasteiger partial charge is 0.189 e. The van der Waals surface area contributed by atoms with E-state index in [9.17, 15) is 4.79 Å². The Bertz CT molecular complexity index is 584. The average Bonchev–Trinajstić information content (AvgIpc) is 2.36. The lowest BCUT2D eigenvalue weighted by Gasteiger charge is -1.99. The molecule has 88 valence electrons. The number of fused-ring (bicyclic) bond motifs is 1. The van der Waals surface area contributed by atoms with Gasteiger partial charge in [-0.05, 0) is 37.7 Å². The van der Waals surface area contributed by atoms with Crippen LogP contribution in [0.5, 0.6) is 0 Å². The number of aromatic amines is 1. The quantitative estimate of drug-likeness (QED) is 0.788. The summed E-state index contributed by atoms with van der Waals surface area (Å²) in [5.74, 6) is 0. The van der Waals surface area contributed by atoms with Crippen molar-refractivity contribution in [3.05, 3.63) is 52.3 Å². The Labute approximate surface area is 100 Å². The predicted molar refractivity (Wildman–Crippen MR) is 72.1 cm³/mol. The molecule has 0 saturated carbocycles. The molecule has 2 N–H and O–H groups in total. The normalized spacial score (nSPS) is 11.4. The number of pyridine rings is 1. The number of H-pyrrole nitrogens is 1. The van der Waals surface area contributed by atoms with Crippen LogP contribution in [0.25, 0.3) is 17.0 Å². The zero-order chi connectivity index (χ0) is 12.1. The third-order valence-corrected chi connectivity index (χ3v) is 2.65. The zero-order valence-corrected chi connectivity index (χ0v) is 9.86. The highest BCUT2D eigenvalue weighted by Gasteiger charge is 1.97. The minimum atomic E-state index is 0.0595. The third kappa shape index (κ3) is 2.82. The molecule has 0 aliphatic heterocycles. The first-order chi connectivity index (χ1) is 8.31. The standard InChI is InChI=1S/C14H16N2O/c1-15-8-3-2-4-11-5-6-13-12(10-11)14(17)7-9-16-13/h2,4-7,9-10,15H,3,8H2,1H3,(H,16,17). The fourth-order valence-corrected chi connectivity index (χ4v) is 1.74.